The Morgan fingerprint density at radius 3 is 2.65 bits per heavy atom. The molecule has 166 valence electrons. The predicted molar refractivity (Wildman–Crippen MR) is 115 cm³/mol. The van der Waals surface area contributed by atoms with Gasteiger partial charge in [0, 0.05) is 18.7 Å². The summed E-state index contributed by atoms with van der Waals surface area (Å²) in [5.41, 5.74) is 7.83. The van der Waals surface area contributed by atoms with Crippen LogP contribution in [0, 0.1) is 5.41 Å². The number of hydrogen-bond donors (Lipinski definition) is 3. The number of anilines is 1. The van der Waals surface area contributed by atoms with Crippen molar-refractivity contribution in [2.45, 2.75) is 77.9 Å². The van der Waals surface area contributed by atoms with Crippen molar-refractivity contribution in [2.75, 3.05) is 5.32 Å². The topological polar surface area (TPSA) is 136 Å². The highest BCUT2D eigenvalue weighted by Crippen LogP contribution is 2.37. The standard InChI is InChI=1S/C22H30N6O3/c1-4-15-18-16(9-22(2,3)10-17(18)30)28(27-15)21-24-11-14(19(23)31)20(26-21)25-12-5-7-13(29)8-6-12/h11-13,29H,4-10H2,1-3H3,(H2,23,31)(H,24,25,26). The van der Waals surface area contributed by atoms with Crippen LogP contribution < -0.4 is 11.1 Å². The molecule has 1 saturated carbocycles. The van der Waals surface area contributed by atoms with Gasteiger partial charge in [0.05, 0.1) is 28.6 Å². The summed E-state index contributed by atoms with van der Waals surface area (Å²) in [5.74, 6) is 0.160. The van der Waals surface area contributed by atoms with Gasteiger partial charge in [-0.25, -0.2) is 9.67 Å². The molecule has 1 fully saturated rings. The third kappa shape index (κ3) is 4.19. The first-order valence-corrected chi connectivity index (χ1v) is 10.9. The fourth-order valence-electron chi connectivity index (χ4n) is 4.62. The Bertz CT molecular complexity index is 1020. The Hall–Kier alpha value is -2.81. The lowest BCUT2D eigenvalue weighted by molar-refractivity contribution is 0.0909. The number of nitrogens with two attached hydrogens (primary N) is 1. The van der Waals surface area contributed by atoms with Crippen LogP contribution in [0.4, 0.5) is 5.82 Å². The highest BCUT2D eigenvalue weighted by molar-refractivity contribution is 6.00. The molecule has 2 aliphatic rings. The summed E-state index contributed by atoms with van der Waals surface area (Å²) in [7, 11) is 0. The van der Waals surface area contributed by atoms with Crippen LogP contribution in [-0.2, 0) is 12.8 Å². The van der Waals surface area contributed by atoms with E-state index in [0.29, 0.717) is 49.4 Å². The maximum absolute atomic E-state index is 12.8. The minimum absolute atomic E-state index is 0.0856. The first-order chi connectivity index (χ1) is 14.7. The molecule has 9 nitrogen and oxygen atoms in total. The number of hydrogen-bond acceptors (Lipinski definition) is 7. The normalized spacial score (nSPS) is 22.8. The number of primary amides is 1. The molecule has 0 aromatic carbocycles. The van der Waals surface area contributed by atoms with E-state index in [2.05, 4.69) is 34.2 Å². The van der Waals surface area contributed by atoms with Gasteiger partial charge in [-0.05, 0) is 43.9 Å². The molecule has 31 heavy (non-hydrogen) atoms. The van der Waals surface area contributed by atoms with Crippen LogP contribution in [0.1, 0.15) is 85.0 Å². The van der Waals surface area contributed by atoms with E-state index >= 15 is 0 Å². The van der Waals surface area contributed by atoms with Gasteiger partial charge >= 0.3 is 0 Å². The fourth-order valence-corrected chi connectivity index (χ4v) is 4.62. The number of aromatic nitrogens is 4. The van der Waals surface area contributed by atoms with Crippen molar-refractivity contribution in [1.82, 2.24) is 19.7 Å². The van der Waals surface area contributed by atoms with Gasteiger partial charge in [-0.2, -0.15) is 10.1 Å². The van der Waals surface area contributed by atoms with E-state index < -0.39 is 5.91 Å². The molecule has 1 amide bonds. The van der Waals surface area contributed by atoms with Crippen molar-refractivity contribution in [3.8, 4) is 5.95 Å². The minimum Gasteiger partial charge on any atom is -0.393 e. The van der Waals surface area contributed by atoms with E-state index in [9.17, 15) is 14.7 Å². The Balaban J connectivity index is 1.75. The van der Waals surface area contributed by atoms with Crippen LogP contribution in [0.3, 0.4) is 0 Å². The van der Waals surface area contributed by atoms with Gasteiger partial charge in [-0.3, -0.25) is 9.59 Å². The Labute approximate surface area is 181 Å². The summed E-state index contributed by atoms with van der Waals surface area (Å²) in [4.78, 5) is 33.8. The summed E-state index contributed by atoms with van der Waals surface area (Å²) >= 11 is 0. The number of rotatable bonds is 5. The van der Waals surface area contributed by atoms with Gasteiger partial charge in [-0.15, -0.1) is 0 Å². The lowest BCUT2D eigenvalue weighted by atomic mass is 9.75. The lowest BCUT2D eigenvalue weighted by Gasteiger charge is -2.29. The van der Waals surface area contributed by atoms with E-state index in [1.54, 1.807) is 4.68 Å². The van der Waals surface area contributed by atoms with Gasteiger partial charge in [0.1, 0.15) is 5.82 Å². The number of nitrogens with zero attached hydrogens (tertiary/aromatic N) is 4. The summed E-state index contributed by atoms with van der Waals surface area (Å²) in [5, 5.41) is 17.7. The lowest BCUT2D eigenvalue weighted by Crippen LogP contribution is -2.30. The molecular formula is C22H30N6O3. The van der Waals surface area contributed by atoms with Gasteiger partial charge < -0.3 is 16.2 Å². The first-order valence-electron chi connectivity index (χ1n) is 10.9. The quantitative estimate of drug-likeness (QED) is 0.667. The van der Waals surface area contributed by atoms with Crippen LogP contribution >= 0.6 is 0 Å². The number of carbonyl (C=O) groups excluding carboxylic acids is 2. The van der Waals surface area contributed by atoms with Crippen LogP contribution in [0.2, 0.25) is 0 Å². The number of amides is 1. The second kappa shape index (κ2) is 8.03. The predicted octanol–water partition coefficient (Wildman–Crippen LogP) is 2.19. The highest BCUT2D eigenvalue weighted by atomic mass is 16.3. The first kappa shape index (κ1) is 21.4. The molecule has 4 rings (SSSR count). The maximum Gasteiger partial charge on any atom is 0.254 e. The molecule has 4 N–H and O–H groups in total. The van der Waals surface area contributed by atoms with Crippen molar-refractivity contribution >= 4 is 17.5 Å². The van der Waals surface area contributed by atoms with E-state index in [4.69, 9.17) is 5.73 Å². The molecule has 2 aromatic rings. The molecular weight excluding hydrogens is 396 g/mol. The highest BCUT2D eigenvalue weighted by Gasteiger charge is 2.37. The average molecular weight is 427 g/mol. The van der Waals surface area contributed by atoms with Crippen LogP contribution in [-0.4, -0.2) is 48.7 Å². The zero-order valence-electron chi connectivity index (χ0n) is 18.3. The summed E-state index contributed by atoms with van der Waals surface area (Å²) in [6, 6.07) is 0.0856. The SMILES string of the molecule is CCc1nn(-c2ncc(C(N)=O)c(NC3CCC(O)CC3)n2)c2c1C(=O)CC(C)(C)C2. The number of carbonyl (C=O) groups is 2. The monoisotopic (exact) mass is 426 g/mol. The smallest absolute Gasteiger partial charge is 0.254 e. The van der Waals surface area contributed by atoms with Crippen LogP contribution in [0.15, 0.2) is 6.20 Å². The largest absolute Gasteiger partial charge is 0.393 e. The molecule has 0 spiro atoms. The molecule has 0 aliphatic heterocycles. The Morgan fingerprint density at radius 2 is 2.00 bits per heavy atom. The minimum atomic E-state index is -0.613. The number of aliphatic hydroxyl groups excluding tert-OH is 1. The van der Waals surface area contributed by atoms with Gasteiger partial charge in [-0.1, -0.05) is 20.8 Å². The summed E-state index contributed by atoms with van der Waals surface area (Å²) in [6.07, 6.45) is 5.90. The molecule has 2 heterocycles. The van der Waals surface area contributed by atoms with Crippen molar-refractivity contribution in [2.24, 2.45) is 11.1 Å². The molecule has 9 heteroatoms. The molecule has 0 radical (unpaired) electrons. The van der Waals surface area contributed by atoms with Crippen molar-refractivity contribution < 1.29 is 14.7 Å². The van der Waals surface area contributed by atoms with E-state index in [1.165, 1.54) is 6.20 Å². The molecule has 0 atom stereocenters. The Morgan fingerprint density at radius 1 is 1.29 bits per heavy atom. The number of Topliss-reactive ketones (excluding diaryl/α,β-unsaturated/α-hetero) is 1. The zero-order chi connectivity index (χ0) is 22.3. The third-order valence-corrected chi connectivity index (χ3v) is 6.22. The number of ketones is 1. The Kier molecular flexibility index (Phi) is 5.55. The third-order valence-electron chi connectivity index (χ3n) is 6.22. The number of nitrogens with one attached hydrogen (secondary N) is 1. The van der Waals surface area contributed by atoms with Crippen LogP contribution in [0.5, 0.6) is 0 Å². The molecule has 2 aromatic heterocycles. The second-order valence-electron chi connectivity index (χ2n) is 9.42. The van der Waals surface area contributed by atoms with Crippen LogP contribution in [0.25, 0.3) is 5.95 Å². The van der Waals surface area contributed by atoms with Gasteiger partial charge in [0.25, 0.3) is 11.9 Å². The number of aryl methyl sites for hydroxylation is 1. The second-order valence-corrected chi connectivity index (χ2v) is 9.42. The average Bonchev–Trinajstić information content (AvgIpc) is 3.07. The number of aliphatic hydroxyl groups is 1. The molecule has 0 unspecified atom stereocenters. The maximum atomic E-state index is 12.8. The van der Waals surface area contributed by atoms with Crippen molar-refractivity contribution in [3.05, 3.63) is 28.7 Å². The molecule has 0 saturated heterocycles. The molecule has 2 aliphatic carbocycles. The van der Waals surface area contributed by atoms with E-state index in [1.807, 2.05) is 6.92 Å². The van der Waals surface area contributed by atoms with Gasteiger partial charge in [0.15, 0.2) is 5.78 Å². The number of fused-ring (bicyclic) bond motifs is 1. The van der Waals surface area contributed by atoms with E-state index in [0.717, 1.165) is 24.2 Å². The van der Waals surface area contributed by atoms with Gasteiger partial charge in [0.2, 0.25) is 0 Å². The van der Waals surface area contributed by atoms with Crippen molar-refractivity contribution in [1.29, 1.82) is 0 Å². The summed E-state index contributed by atoms with van der Waals surface area (Å²) in [6.45, 7) is 6.11. The van der Waals surface area contributed by atoms with Crippen molar-refractivity contribution in [3.63, 3.8) is 0 Å². The van der Waals surface area contributed by atoms with E-state index in [-0.39, 0.29) is 28.9 Å². The zero-order valence-corrected chi connectivity index (χ0v) is 18.3. The fraction of sp³-hybridized carbons (Fsp3) is 0.591. The molecule has 0 bridgehead atoms. The summed E-state index contributed by atoms with van der Waals surface area (Å²) < 4.78 is 1.65.